The third-order valence-corrected chi connectivity index (χ3v) is 4.92. The minimum atomic E-state index is -0.878. The predicted octanol–water partition coefficient (Wildman–Crippen LogP) is 3.27. The number of amides is 1. The Bertz CT molecular complexity index is 929. The second-order valence-electron chi connectivity index (χ2n) is 9.32. The van der Waals surface area contributed by atoms with E-state index in [1.807, 2.05) is 44.3 Å². The van der Waals surface area contributed by atoms with Gasteiger partial charge in [0.2, 0.25) is 5.91 Å². The number of ether oxygens (including phenoxy) is 1. The number of hydroxylamine groups is 1. The van der Waals surface area contributed by atoms with Gasteiger partial charge in [0, 0.05) is 23.5 Å². The van der Waals surface area contributed by atoms with Crippen LogP contribution in [0.1, 0.15) is 53.5 Å². The van der Waals surface area contributed by atoms with Gasteiger partial charge in [0.05, 0.1) is 12.0 Å². The molecular formula is C24H35N3O5. The number of hydrogen-bond donors (Lipinski definition) is 3. The van der Waals surface area contributed by atoms with E-state index in [1.54, 1.807) is 27.7 Å². The van der Waals surface area contributed by atoms with E-state index in [9.17, 15) is 14.4 Å². The molecule has 1 heterocycles. The largest absolute Gasteiger partial charge is 0.464 e. The summed E-state index contributed by atoms with van der Waals surface area (Å²) in [5.41, 5.74) is 3.73. The zero-order valence-electron chi connectivity index (χ0n) is 19.8. The summed E-state index contributed by atoms with van der Waals surface area (Å²) >= 11 is 0. The van der Waals surface area contributed by atoms with Crippen LogP contribution in [-0.4, -0.2) is 41.5 Å². The molecule has 0 radical (unpaired) electrons. The Hall–Kier alpha value is -2.87. The standard InChI is InChI=1S/C24H35N3O5/c1-7-31-22(29)20(13-16-14-25-18-11-9-8-10-17(16)18)26-21(28)19(12-15(2)3)27-32-23(30)24(4,5)6/h8-11,14-15,19-20,25,27H,7,12-13H2,1-6H3,(H,26,28)/t19-,20+/m0/s1. The summed E-state index contributed by atoms with van der Waals surface area (Å²) in [6, 6.07) is 6.07. The molecule has 1 aromatic heterocycles. The lowest BCUT2D eigenvalue weighted by molar-refractivity contribution is -0.164. The van der Waals surface area contributed by atoms with Crippen molar-refractivity contribution in [1.29, 1.82) is 0 Å². The van der Waals surface area contributed by atoms with E-state index in [2.05, 4.69) is 15.8 Å². The van der Waals surface area contributed by atoms with Gasteiger partial charge in [0.1, 0.15) is 12.1 Å². The van der Waals surface area contributed by atoms with E-state index in [-0.39, 0.29) is 18.9 Å². The molecule has 3 N–H and O–H groups in total. The first kappa shape index (κ1) is 25.4. The van der Waals surface area contributed by atoms with Gasteiger partial charge in [0.15, 0.2) is 0 Å². The number of aromatic amines is 1. The van der Waals surface area contributed by atoms with Crippen molar-refractivity contribution < 1.29 is 24.0 Å². The van der Waals surface area contributed by atoms with Crippen molar-refractivity contribution in [2.24, 2.45) is 11.3 Å². The smallest absolute Gasteiger partial charge is 0.330 e. The number of carbonyl (C=O) groups excluding carboxylic acids is 3. The van der Waals surface area contributed by atoms with Crippen molar-refractivity contribution in [2.45, 2.75) is 66.5 Å². The van der Waals surface area contributed by atoms with E-state index < -0.39 is 35.3 Å². The molecule has 0 aliphatic rings. The summed E-state index contributed by atoms with van der Waals surface area (Å²) in [6.07, 6.45) is 2.52. The minimum Gasteiger partial charge on any atom is -0.464 e. The Labute approximate surface area is 189 Å². The summed E-state index contributed by atoms with van der Waals surface area (Å²) < 4.78 is 5.20. The van der Waals surface area contributed by atoms with Gasteiger partial charge < -0.3 is 19.9 Å². The van der Waals surface area contributed by atoms with Crippen LogP contribution in [-0.2, 0) is 30.4 Å². The van der Waals surface area contributed by atoms with Gasteiger partial charge in [-0.15, -0.1) is 5.48 Å². The second-order valence-corrected chi connectivity index (χ2v) is 9.32. The number of esters is 1. The Morgan fingerprint density at radius 1 is 1.09 bits per heavy atom. The van der Waals surface area contributed by atoms with Crippen LogP contribution in [0.2, 0.25) is 0 Å². The SMILES string of the molecule is CCOC(=O)[C@@H](Cc1c[nH]c2ccccc12)NC(=O)[C@H](CC(C)C)NOC(=O)C(C)(C)C. The summed E-state index contributed by atoms with van der Waals surface area (Å²) in [7, 11) is 0. The zero-order valence-corrected chi connectivity index (χ0v) is 19.8. The molecule has 0 saturated heterocycles. The molecule has 0 bridgehead atoms. The van der Waals surface area contributed by atoms with Gasteiger partial charge >= 0.3 is 11.9 Å². The molecule has 0 aliphatic heterocycles. The fourth-order valence-corrected chi connectivity index (χ4v) is 3.19. The molecule has 2 atom stereocenters. The quantitative estimate of drug-likeness (QED) is 0.383. The fraction of sp³-hybridized carbons (Fsp3) is 0.542. The number of para-hydroxylation sites is 1. The van der Waals surface area contributed by atoms with Gasteiger partial charge in [-0.25, -0.2) is 9.59 Å². The molecule has 2 aromatic rings. The predicted molar refractivity (Wildman–Crippen MR) is 122 cm³/mol. The normalized spacial score (nSPS) is 13.6. The van der Waals surface area contributed by atoms with Crippen molar-refractivity contribution >= 4 is 28.7 Å². The highest BCUT2D eigenvalue weighted by Gasteiger charge is 2.30. The number of nitrogens with one attached hydrogen (secondary N) is 3. The van der Waals surface area contributed by atoms with Crippen LogP contribution >= 0.6 is 0 Å². The van der Waals surface area contributed by atoms with Crippen molar-refractivity contribution in [3.05, 3.63) is 36.0 Å². The first-order valence-corrected chi connectivity index (χ1v) is 11.0. The van der Waals surface area contributed by atoms with Gasteiger partial charge in [-0.3, -0.25) is 4.79 Å². The summed E-state index contributed by atoms with van der Waals surface area (Å²) in [4.78, 5) is 46.2. The van der Waals surface area contributed by atoms with Crippen LogP contribution in [0.5, 0.6) is 0 Å². The van der Waals surface area contributed by atoms with E-state index in [0.717, 1.165) is 16.5 Å². The van der Waals surface area contributed by atoms with Crippen LogP contribution in [0.15, 0.2) is 30.5 Å². The number of aromatic nitrogens is 1. The Morgan fingerprint density at radius 3 is 2.41 bits per heavy atom. The third kappa shape index (κ3) is 7.09. The maximum atomic E-state index is 13.1. The Balaban J connectivity index is 2.18. The molecule has 1 amide bonds. The van der Waals surface area contributed by atoms with Crippen LogP contribution in [0, 0.1) is 11.3 Å². The molecule has 0 unspecified atom stereocenters. The zero-order chi connectivity index (χ0) is 23.9. The summed E-state index contributed by atoms with van der Waals surface area (Å²) in [5.74, 6) is -1.26. The highest BCUT2D eigenvalue weighted by Crippen LogP contribution is 2.20. The van der Waals surface area contributed by atoms with Gasteiger partial charge in [-0.05, 0) is 51.7 Å². The first-order valence-electron chi connectivity index (χ1n) is 11.0. The van der Waals surface area contributed by atoms with Crippen LogP contribution in [0.4, 0.5) is 0 Å². The molecular weight excluding hydrogens is 410 g/mol. The number of benzene rings is 1. The van der Waals surface area contributed by atoms with Gasteiger partial charge in [0.25, 0.3) is 0 Å². The van der Waals surface area contributed by atoms with Crippen LogP contribution < -0.4 is 10.8 Å². The van der Waals surface area contributed by atoms with Crippen molar-refractivity contribution in [2.75, 3.05) is 6.61 Å². The molecule has 0 aliphatic carbocycles. The topological polar surface area (TPSA) is 110 Å². The lowest BCUT2D eigenvalue weighted by Crippen LogP contribution is -2.52. The lowest BCUT2D eigenvalue weighted by atomic mass is 9.98. The van der Waals surface area contributed by atoms with E-state index in [1.165, 1.54) is 0 Å². The molecule has 176 valence electrons. The minimum absolute atomic E-state index is 0.154. The number of H-pyrrole nitrogens is 1. The number of carbonyl (C=O) groups is 3. The van der Waals surface area contributed by atoms with E-state index >= 15 is 0 Å². The molecule has 8 nitrogen and oxygen atoms in total. The van der Waals surface area contributed by atoms with E-state index in [4.69, 9.17) is 9.57 Å². The van der Waals surface area contributed by atoms with Gasteiger partial charge in [-0.1, -0.05) is 32.0 Å². The molecule has 2 rings (SSSR count). The number of rotatable bonds is 10. The lowest BCUT2D eigenvalue weighted by Gasteiger charge is -2.24. The average Bonchev–Trinajstić information content (AvgIpc) is 3.12. The number of fused-ring (bicyclic) bond motifs is 1. The summed E-state index contributed by atoms with van der Waals surface area (Å²) in [5, 5.41) is 3.77. The summed E-state index contributed by atoms with van der Waals surface area (Å²) in [6.45, 7) is 11.0. The average molecular weight is 446 g/mol. The second kappa shape index (κ2) is 11.1. The Kier molecular flexibility index (Phi) is 8.83. The molecule has 8 heteroatoms. The van der Waals surface area contributed by atoms with E-state index in [0.29, 0.717) is 6.42 Å². The molecule has 1 aromatic carbocycles. The molecule has 0 fully saturated rings. The highest BCUT2D eigenvalue weighted by molar-refractivity contribution is 5.89. The Morgan fingerprint density at radius 2 is 1.78 bits per heavy atom. The van der Waals surface area contributed by atoms with Crippen LogP contribution in [0.3, 0.4) is 0 Å². The third-order valence-electron chi connectivity index (χ3n) is 4.92. The maximum absolute atomic E-state index is 13.1. The fourth-order valence-electron chi connectivity index (χ4n) is 3.19. The number of hydrogen-bond acceptors (Lipinski definition) is 6. The molecule has 0 saturated carbocycles. The van der Waals surface area contributed by atoms with Crippen LogP contribution in [0.25, 0.3) is 10.9 Å². The van der Waals surface area contributed by atoms with Gasteiger partial charge in [-0.2, -0.15) is 0 Å². The first-order chi connectivity index (χ1) is 15.0. The monoisotopic (exact) mass is 445 g/mol. The maximum Gasteiger partial charge on any atom is 0.330 e. The van der Waals surface area contributed by atoms with Crippen molar-refractivity contribution in [3.8, 4) is 0 Å². The molecule has 32 heavy (non-hydrogen) atoms. The van der Waals surface area contributed by atoms with Crippen molar-refractivity contribution in [3.63, 3.8) is 0 Å². The molecule has 0 spiro atoms. The van der Waals surface area contributed by atoms with Crippen molar-refractivity contribution in [1.82, 2.24) is 15.8 Å². The highest BCUT2D eigenvalue weighted by atomic mass is 16.7.